The lowest BCUT2D eigenvalue weighted by Crippen LogP contribution is -2.16. The van der Waals surface area contributed by atoms with Crippen LogP contribution < -0.4 is 5.32 Å². The highest BCUT2D eigenvalue weighted by Gasteiger charge is 2.16. The number of benzene rings is 1. The van der Waals surface area contributed by atoms with Crippen molar-refractivity contribution in [3.63, 3.8) is 0 Å². The normalized spacial score (nSPS) is 10.1. The minimum atomic E-state index is -1.26. The van der Waals surface area contributed by atoms with Crippen LogP contribution in [0.25, 0.3) is 0 Å². The number of rotatable bonds is 3. The zero-order valence-electron chi connectivity index (χ0n) is 9.93. The van der Waals surface area contributed by atoms with E-state index < -0.39 is 17.7 Å². The van der Waals surface area contributed by atoms with Crippen LogP contribution in [-0.4, -0.2) is 22.0 Å². The summed E-state index contributed by atoms with van der Waals surface area (Å²) >= 11 is 3.16. The van der Waals surface area contributed by atoms with Crippen LogP contribution in [0.15, 0.2) is 41.0 Å². The van der Waals surface area contributed by atoms with Crippen molar-refractivity contribution in [1.29, 1.82) is 0 Å². The average Bonchev–Trinajstić information content (AvgIpc) is 2.38. The number of aromatic nitrogens is 1. The van der Waals surface area contributed by atoms with Crippen LogP contribution in [0, 0.1) is 5.82 Å². The topological polar surface area (TPSA) is 79.3 Å². The molecule has 0 fully saturated rings. The van der Waals surface area contributed by atoms with Gasteiger partial charge in [0.25, 0.3) is 5.91 Å². The molecule has 1 heterocycles. The van der Waals surface area contributed by atoms with Crippen LogP contribution in [0.3, 0.4) is 0 Å². The monoisotopic (exact) mass is 338 g/mol. The number of pyridine rings is 1. The van der Waals surface area contributed by atoms with Gasteiger partial charge in [-0.1, -0.05) is 0 Å². The number of nitrogens with one attached hydrogen (secondary N) is 1. The number of halogens is 2. The molecule has 0 aliphatic carbocycles. The van der Waals surface area contributed by atoms with E-state index in [1.807, 2.05) is 0 Å². The number of amides is 1. The van der Waals surface area contributed by atoms with Crippen LogP contribution in [0.1, 0.15) is 20.8 Å². The number of hydrogen-bond donors (Lipinski definition) is 2. The van der Waals surface area contributed by atoms with Gasteiger partial charge >= 0.3 is 5.97 Å². The first-order valence-corrected chi connectivity index (χ1v) is 6.23. The number of carboxylic acid groups (broad SMARTS) is 1. The Hall–Kier alpha value is -2.28. The Kier molecular flexibility index (Phi) is 4.09. The van der Waals surface area contributed by atoms with Crippen molar-refractivity contribution in [3.05, 3.63) is 58.1 Å². The van der Waals surface area contributed by atoms with Gasteiger partial charge in [0, 0.05) is 10.7 Å². The lowest BCUT2D eigenvalue weighted by atomic mass is 10.1. The van der Waals surface area contributed by atoms with E-state index in [2.05, 4.69) is 26.2 Å². The number of carbonyl (C=O) groups excluding carboxylic acids is 1. The molecule has 102 valence electrons. The van der Waals surface area contributed by atoms with Crippen molar-refractivity contribution in [1.82, 2.24) is 4.98 Å². The van der Waals surface area contributed by atoms with Gasteiger partial charge in [-0.2, -0.15) is 0 Å². The van der Waals surface area contributed by atoms with E-state index in [9.17, 15) is 14.0 Å². The molecule has 0 saturated heterocycles. The highest BCUT2D eigenvalue weighted by Crippen LogP contribution is 2.20. The van der Waals surface area contributed by atoms with E-state index >= 15 is 0 Å². The van der Waals surface area contributed by atoms with Gasteiger partial charge in [-0.15, -0.1) is 0 Å². The summed E-state index contributed by atoms with van der Waals surface area (Å²) in [5, 5.41) is 11.3. The Morgan fingerprint density at radius 2 is 2.05 bits per heavy atom. The minimum absolute atomic E-state index is 0.0769. The van der Waals surface area contributed by atoms with Gasteiger partial charge in [0.2, 0.25) is 0 Å². The fourth-order valence-corrected chi connectivity index (χ4v) is 1.98. The van der Waals surface area contributed by atoms with Gasteiger partial charge in [-0.25, -0.2) is 14.2 Å². The second kappa shape index (κ2) is 5.79. The number of hydrogen-bond acceptors (Lipinski definition) is 3. The van der Waals surface area contributed by atoms with Crippen LogP contribution in [0.5, 0.6) is 0 Å². The summed E-state index contributed by atoms with van der Waals surface area (Å²) in [6, 6.07) is 6.28. The minimum Gasteiger partial charge on any atom is -0.478 e. The van der Waals surface area contributed by atoms with Gasteiger partial charge in [0.15, 0.2) is 0 Å². The molecule has 1 amide bonds. The summed E-state index contributed by atoms with van der Waals surface area (Å²) in [4.78, 5) is 26.9. The molecular weight excluding hydrogens is 331 g/mol. The highest BCUT2D eigenvalue weighted by molar-refractivity contribution is 9.10. The van der Waals surface area contributed by atoms with Crippen molar-refractivity contribution in [2.24, 2.45) is 0 Å². The number of anilines is 1. The molecule has 0 unspecified atom stereocenters. The quantitative estimate of drug-likeness (QED) is 0.901. The van der Waals surface area contributed by atoms with E-state index in [0.29, 0.717) is 4.47 Å². The second-order valence-corrected chi connectivity index (χ2v) is 4.64. The summed E-state index contributed by atoms with van der Waals surface area (Å²) in [5.74, 6) is -2.55. The number of carboxylic acids is 1. The maximum absolute atomic E-state index is 13.2. The van der Waals surface area contributed by atoms with Gasteiger partial charge in [0.05, 0.1) is 11.3 Å². The van der Waals surface area contributed by atoms with Gasteiger partial charge in [0.1, 0.15) is 11.5 Å². The summed E-state index contributed by atoms with van der Waals surface area (Å²) in [6.07, 6.45) is 1.42. The standard InChI is InChI=1S/C13H8BrFN2O3/c14-9-2-1-5-16-11(9)12(18)17-10-6-7(15)3-4-8(10)13(19)20/h1-6H,(H,17,18)(H,19,20). The molecule has 1 aromatic heterocycles. The second-order valence-electron chi connectivity index (χ2n) is 3.78. The molecule has 5 nitrogen and oxygen atoms in total. The van der Waals surface area contributed by atoms with E-state index in [0.717, 1.165) is 18.2 Å². The molecule has 1 aromatic carbocycles. The predicted octanol–water partition coefficient (Wildman–Crippen LogP) is 2.93. The summed E-state index contributed by atoms with van der Waals surface area (Å²) in [5.41, 5.74) is -0.250. The fourth-order valence-electron chi connectivity index (χ4n) is 1.54. The largest absolute Gasteiger partial charge is 0.478 e. The molecule has 2 rings (SSSR count). The van der Waals surface area contributed by atoms with Gasteiger partial charge in [-0.3, -0.25) is 4.79 Å². The molecule has 0 spiro atoms. The number of carbonyl (C=O) groups is 2. The molecule has 20 heavy (non-hydrogen) atoms. The van der Waals surface area contributed by atoms with Crippen molar-refractivity contribution < 1.29 is 19.1 Å². The van der Waals surface area contributed by atoms with Gasteiger partial charge < -0.3 is 10.4 Å². The van der Waals surface area contributed by atoms with Crippen molar-refractivity contribution in [3.8, 4) is 0 Å². The van der Waals surface area contributed by atoms with E-state index in [1.54, 1.807) is 12.1 Å². The molecule has 0 aliphatic rings. The lowest BCUT2D eigenvalue weighted by molar-refractivity contribution is 0.0698. The molecule has 0 aliphatic heterocycles. The summed E-state index contributed by atoms with van der Waals surface area (Å²) in [7, 11) is 0. The third kappa shape index (κ3) is 3.00. The average molecular weight is 339 g/mol. The zero-order valence-corrected chi connectivity index (χ0v) is 11.5. The molecule has 0 radical (unpaired) electrons. The van der Waals surface area contributed by atoms with Gasteiger partial charge in [-0.05, 0) is 46.3 Å². The molecule has 0 saturated carbocycles. The Balaban J connectivity index is 2.35. The first-order valence-electron chi connectivity index (χ1n) is 5.44. The molecule has 0 bridgehead atoms. The van der Waals surface area contributed by atoms with Crippen LogP contribution in [-0.2, 0) is 0 Å². The van der Waals surface area contributed by atoms with Crippen molar-refractivity contribution >= 4 is 33.5 Å². The van der Waals surface area contributed by atoms with Crippen molar-refractivity contribution in [2.75, 3.05) is 5.32 Å². The number of aromatic carboxylic acids is 1. The van der Waals surface area contributed by atoms with Crippen LogP contribution >= 0.6 is 15.9 Å². The fraction of sp³-hybridized carbons (Fsp3) is 0. The maximum Gasteiger partial charge on any atom is 0.337 e. The Labute approximate surface area is 121 Å². The first-order chi connectivity index (χ1) is 9.49. The predicted molar refractivity (Wildman–Crippen MR) is 73.2 cm³/mol. The molecule has 0 atom stereocenters. The Morgan fingerprint density at radius 3 is 2.70 bits per heavy atom. The Morgan fingerprint density at radius 1 is 1.30 bits per heavy atom. The smallest absolute Gasteiger partial charge is 0.337 e. The zero-order chi connectivity index (χ0) is 14.7. The van der Waals surface area contributed by atoms with Crippen LogP contribution in [0.2, 0.25) is 0 Å². The van der Waals surface area contributed by atoms with Crippen LogP contribution in [0.4, 0.5) is 10.1 Å². The third-order valence-corrected chi connectivity index (χ3v) is 3.07. The molecule has 2 N–H and O–H groups in total. The van der Waals surface area contributed by atoms with Crippen molar-refractivity contribution in [2.45, 2.75) is 0 Å². The highest BCUT2D eigenvalue weighted by atomic mass is 79.9. The molecular formula is C13H8BrFN2O3. The lowest BCUT2D eigenvalue weighted by Gasteiger charge is -2.09. The molecule has 7 heteroatoms. The summed E-state index contributed by atoms with van der Waals surface area (Å²) in [6.45, 7) is 0. The number of nitrogens with zero attached hydrogens (tertiary/aromatic N) is 1. The maximum atomic E-state index is 13.2. The SMILES string of the molecule is O=C(O)c1ccc(F)cc1NC(=O)c1ncccc1Br. The van der Waals surface area contributed by atoms with E-state index in [1.165, 1.54) is 6.20 Å². The Bertz CT molecular complexity index is 691. The van der Waals surface area contributed by atoms with E-state index in [-0.39, 0.29) is 16.9 Å². The third-order valence-electron chi connectivity index (χ3n) is 2.43. The summed E-state index contributed by atoms with van der Waals surface area (Å²) < 4.78 is 13.6. The first kappa shape index (κ1) is 14.1. The van der Waals surface area contributed by atoms with E-state index in [4.69, 9.17) is 5.11 Å². The molecule has 2 aromatic rings.